The molecule has 0 fully saturated rings. The average molecular weight is 319 g/mol. The predicted octanol–water partition coefficient (Wildman–Crippen LogP) is 0.847. The van der Waals surface area contributed by atoms with Crippen LogP contribution in [-0.2, 0) is 6.42 Å². The Morgan fingerprint density at radius 1 is 1.33 bits per heavy atom. The van der Waals surface area contributed by atoms with E-state index in [0.717, 1.165) is 10.0 Å². The van der Waals surface area contributed by atoms with E-state index in [4.69, 9.17) is 0 Å². The summed E-state index contributed by atoms with van der Waals surface area (Å²) in [6.07, 6.45) is -1.79. The lowest BCUT2D eigenvalue weighted by Crippen LogP contribution is -2.51. The van der Waals surface area contributed by atoms with E-state index in [9.17, 15) is 20.4 Å². The minimum absolute atomic E-state index is 0.173. The van der Waals surface area contributed by atoms with Gasteiger partial charge in [0.05, 0.1) is 12.7 Å². The van der Waals surface area contributed by atoms with Crippen LogP contribution in [0.1, 0.15) is 18.9 Å². The third-order valence-corrected chi connectivity index (χ3v) is 3.51. The fraction of sp³-hybridized carbons (Fsp3) is 0.538. The summed E-state index contributed by atoms with van der Waals surface area (Å²) >= 11 is 3.35. The van der Waals surface area contributed by atoms with E-state index in [0.29, 0.717) is 6.42 Å². The van der Waals surface area contributed by atoms with Gasteiger partial charge in [-0.15, -0.1) is 0 Å². The maximum atomic E-state index is 10.1. The van der Waals surface area contributed by atoms with E-state index in [-0.39, 0.29) is 6.42 Å². The molecule has 0 aliphatic heterocycles. The molecule has 0 aliphatic rings. The Morgan fingerprint density at radius 3 is 2.50 bits per heavy atom. The van der Waals surface area contributed by atoms with Crippen molar-refractivity contribution in [1.29, 1.82) is 0 Å². The first kappa shape index (κ1) is 15.6. The molecule has 0 radical (unpaired) electrons. The molecule has 0 heterocycles. The van der Waals surface area contributed by atoms with Gasteiger partial charge in [-0.1, -0.05) is 28.1 Å². The smallest absolute Gasteiger partial charge is 0.116 e. The maximum absolute atomic E-state index is 10.1. The molecule has 4 nitrogen and oxygen atoms in total. The summed E-state index contributed by atoms with van der Waals surface area (Å²) in [5, 5.41) is 38.3. The lowest BCUT2D eigenvalue weighted by Gasteiger charge is -2.33. The van der Waals surface area contributed by atoms with Gasteiger partial charge < -0.3 is 20.4 Å². The summed E-state index contributed by atoms with van der Waals surface area (Å²) in [7, 11) is 0. The Morgan fingerprint density at radius 2 is 2.00 bits per heavy atom. The molecule has 1 aromatic rings. The van der Waals surface area contributed by atoms with Gasteiger partial charge in [-0.05, 0) is 37.5 Å². The fourth-order valence-electron chi connectivity index (χ4n) is 1.82. The molecular weight excluding hydrogens is 300 g/mol. The third-order valence-electron chi connectivity index (χ3n) is 3.02. The largest absolute Gasteiger partial charge is 0.393 e. The molecule has 0 saturated carbocycles. The van der Waals surface area contributed by atoms with Crippen LogP contribution in [0.3, 0.4) is 0 Å². The van der Waals surface area contributed by atoms with Crippen molar-refractivity contribution < 1.29 is 20.4 Å². The highest BCUT2D eigenvalue weighted by molar-refractivity contribution is 9.10. The second-order valence-corrected chi connectivity index (χ2v) is 5.49. The van der Waals surface area contributed by atoms with Crippen molar-refractivity contribution in [2.45, 2.75) is 37.6 Å². The molecule has 1 aromatic carbocycles. The Kier molecular flexibility index (Phi) is 5.75. The van der Waals surface area contributed by atoms with E-state index < -0.39 is 24.4 Å². The number of hydrogen-bond acceptors (Lipinski definition) is 4. The molecule has 0 bridgehead atoms. The Balaban J connectivity index is 2.69. The molecule has 1 rings (SSSR count). The van der Waals surface area contributed by atoms with Crippen molar-refractivity contribution in [3.63, 3.8) is 0 Å². The van der Waals surface area contributed by atoms with Gasteiger partial charge in [0.25, 0.3) is 0 Å². The maximum Gasteiger partial charge on any atom is 0.116 e. The first-order valence-corrected chi connectivity index (χ1v) is 6.62. The predicted molar refractivity (Wildman–Crippen MR) is 72.2 cm³/mol. The molecule has 0 amide bonds. The first-order valence-electron chi connectivity index (χ1n) is 5.83. The van der Waals surface area contributed by atoms with Gasteiger partial charge in [0.2, 0.25) is 0 Å². The van der Waals surface area contributed by atoms with E-state index in [1.54, 1.807) is 0 Å². The fourth-order valence-corrected chi connectivity index (χ4v) is 2.27. The second kappa shape index (κ2) is 6.63. The molecule has 3 atom stereocenters. The Bertz CT molecular complexity index is 383. The molecule has 102 valence electrons. The summed E-state index contributed by atoms with van der Waals surface area (Å²) in [6, 6.07) is 7.58. The number of rotatable bonds is 6. The molecule has 0 saturated heterocycles. The monoisotopic (exact) mass is 318 g/mol. The summed E-state index contributed by atoms with van der Waals surface area (Å²) in [5.41, 5.74) is -0.703. The number of hydrogen-bond donors (Lipinski definition) is 4. The molecular formula is C13H19BrO4. The van der Waals surface area contributed by atoms with Crippen LogP contribution in [0.5, 0.6) is 0 Å². The quantitative estimate of drug-likeness (QED) is 0.627. The normalized spacial score (nSPS) is 18.1. The van der Waals surface area contributed by atoms with Crippen LogP contribution >= 0.6 is 15.9 Å². The summed E-state index contributed by atoms with van der Waals surface area (Å²) < 4.78 is 0.934. The number of aliphatic hydroxyl groups excluding tert-OH is 3. The van der Waals surface area contributed by atoms with Crippen molar-refractivity contribution in [3.05, 3.63) is 34.3 Å². The topological polar surface area (TPSA) is 80.9 Å². The van der Waals surface area contributed by atoms with E-state index in [1.165, 1.54) is 6.92 Å². The molecule has 5 heteroatoms. The van der Waals surface area contributed by atoms with Crippen molar-refractivity contribution >= 4 is 15.9 Å². The van der Waals surface area contributed by atoms with E-state index in [1.807, 2.05) is 24.3 Å². The lowest BCUT2D eigenvalue weighted by atomic mass is 9.88. The SMILES string of the molecule is C[C@H](O)[C@H](O)[C@@](O)(CO)CCc1cccc(Br)c1. The molecule has 4 N–H and O–H groups in total. The van der Waals surface area contributed by atoms with Crippen molar-refractivity contribution in [2.75, 3.05) is 6.61 Å². The van der Waals surface area contributed by atoms with Crippen molar-refractivity contribution in [1.82, 2.24) is 0 Å². The van der Waals surface area contributed by atoms with Crippen LogP contribution in [0.25, 0.3) is 0 Å². The molecule has 0 aliphatic carbocycles. The number of benzene rings is 1. The molecule has 0 unspecified atom stereocenters. The van der Waals surface area contributed by atoms with Gasteiger partial charge in [-0.2, -0.15) is 0 Å². The molecule has 18 heavy (non-hydrogen) atoms. The molecule has 0 aromatic heterocycles. The third kappa shape index (κ3) is 4.03. The Hall–Kier alpha value is -0.460. The minimum Gasteiger partial charge on any atom is -0.393 e. The molecule has 0 spiro atoms. The highest BCUT2D eigenvalue weighted by Gasteiger charge is 2.37. The van der Waals surface area contributed by atoms with Gasteiger partial charge in [0, 0.05) is 4.47 Å². The summed E-state index contributed by atoms with van der Waals surface area (Å²) in [4.78, 5) is 0. The van der Waals surface area contributed by atoms with E-state index in [2.05, 4.69) is 15.9 Å². The van der Waals surface area contributed by atoms with Gasteiger partial charge >= 0.3 is 0 Å². The van der Waals surface area contributed by atoms with Crippen molar-refractivity contribution in [2.24, 2.45) is 0 Å². The van der Waals surface area contributed by atoms with E-state index >= 15 is 0 Å². The average Bonchev–Trinajstić information content (AvgIpc) is 2.35. The zero-order valence-electron chi connectivity index (χ0n) is 10.3. The van der Waals surface area contributed by atoms with Crippen LogP contribution < -0.4 is 0 Å². The first-order chi connectivity index (χ1) is 8.39. The number of aliphatic hydroxyl groups is 4. The van der Waals surface area contributed by atoms with Gasteiger partial charge in [-0.25, -0.2) is 0 Å². The van der Waals surface area contributed by atoms with Gasteiger partial charge in [0.1, 0.15) is 11.7 Å². The lowest BCUT2D eigenvalue weighted by molar-refractivity contribution is -0.145. The standard InChI is InChI=1S/C13H19BrO4/c1-9(16)12(17)13(18,8-15)6-5-10-3-2-4-11(14)7-10/h2-4,7,9,12,15-18H,5-6,8H2,1H3/t9-,12-,13-/m0/s1. The van der Waals surface area contributed by atoms with Crippen molar-refractivity contribution in [3.8, 4) is 0 Å². The minimum atomic E-state index is -1.68. The highest BCUT2D eigenvalue weighted by Crippen LogP contribution is 2.22. The zero-order chi connectivity index (χ0) is 13.8. The highest BCUT2D eigenvalue weighted by atomic mass is 79.9. The number of aryl methyl sites for hydroxylation is 1. The second-order valence-electron chi connectivity index (χ2n) is 4.58. The van der Waals surface area contributed by atoms with Crippen LogP contribution in [0, 0.1) is 0 Å². The van der Waals surface area contributed by atoms with Crippen LogP contribution in [-0.4, -0.2) is 44.8 Å². The van der Waals surface area contributed by atoms with Crippen LogP contribution in [0.2, 0.25) is 0 Å². The van der Waals surface area contributed by atoms with Crippen LogP contribution in [0.4, 0.5) is 0 Å². The zero-order valence-corrected chi connectivity index (χ0v) is 11.8. The number of halogens is 1. The van der Waals surface area contributed by atoms with Gasteiger partial charge in [-0.3, -0.25) is 0 Å². The summed E-state index contributed by atoms with van der Waals surface area (Å²) in [5.74, 6) is 0. The Labute approximate surface area is 115 Å². The summed E-state index contributed by atoms with van der Waals surface area (Å²) in [6.45, 7) is 0.789. The van der Waals surface area contributed by atoms with Crippen LogP contribution in [0.15, 0.2) is 28.7 Å². The van der Waals surface area contributed by atoms with Gasteiger partial charge in [0.15, 0.2) is 0 Å².